The zero-order valence-electron chi connectivity index (χ0n) is 13.3. The third-order valence-electron chi connectivity index (χ3n) is 4.55. The molecule has 2 fully saturated rings. The van der Waals surface area contributed by atoms with Crippen LogP contribution in [0.15, 0.2) is 0 Å². The van der Waals surface area contributed by atoms with Crippen LogP contribution in [-0.2, 0) is 9.53 Å². The number of carbonyl (C=O) groups is 1. The summed E-state index contributed by atoms with van der Waals surface area (Å²) in [7, 11) is 1.75. The molecule has 1 atom stereocenters. The number of hydrogen-bond donors (Lipinski definition) is 0. The van der Waals surface area contributed by atoms with E-state index in [0.29, 0.717) is 24.3 Å². The molecule has 1 saturated carbocycles. The third kappa shape index (κ3) is 4.45. The Balaban J connectivity index is 1.96. The van der Waals surface area contributed by atoms with Gasteiger partial charge in [-0.1, -0.05) is 13.8 Å². The van der Waals surface area contributed by atoms with Gasteiger partial charge in [-0.3, -0.25) is 4.79 Å². The molecule has 2 rings (SSSR count). The van der Waals surface area contributed by atoms with Gasteiger partial charge >= 0.3 is 0 Å². The van der Waals surface area contributed by atoms with Crippen molar-refractivity contribution in [2.24, 2.45) is 11.8 Å². The molecule has 0 aromatic rings. The first-order valence-corrected chi connectivity index (χ1v) is 8.12. The molecule has 1 saturated heterocycles. The molecule has 20 heavy (non-hydrogen) atoms. The third-order valence-corrected chi connectivity index (χ3v) is 4.55. The van der Waals surface area contributed by atoms with Crippen LogP contribution >= 0.6 is 0 Å². The second kappa shape index (κ2) is 7.41. The monoisotopic (exact) mass is 282 g/mol. The molecular weight excluding hydrogens is 252 g/mol. The summed E-state index contributed by atoms with van der Waals surface area (Å²) in [6, 6.07) is 0.383. The largest absolute Gasteiger partial charge is 0.385 e. The van der Waals surface area contributed by atoms with Gasteiger partial charge in [-0.2, -0.15) is 0 Å². The highest BCUT2D eigenvalue weighted by molar-refractivity contribution is 5.77. The van der Waals surface area contributed by atoms with Gasteiger partial charge in [-0.25, -0.2) is 0 Å². The van der Waals surface area contributed by atoms with Crippen molar-refractivity contribution in [1.82, 2.24) is 9.80 Å². The fourth-order valence-electron chi connectivity index (χ4n) is 3.06. The topological polar surface area (TPSA) is 32.8 Å². The maximum absolute atomic E-state index is 12.4. The van der Waals surface area contributed by atoms with Gasteiger partial charge in [-0.15, -0.1) is 0 Å². The van der Waals surface area contributed by atoms with Gasteiger partial charge < -0.3 is 14.5 Å². The summed E-state index contributed by atoms with van der Waals surface area (Å²) in [5.74, 6) is 1.67. The van der Waals surface area contributed by atoms with Gasteiger partial charge in [0.15, 0.2) is 0 Å². The van der Waals surface area contributed by atoms with E-state index in [1.807, 2.05) is 0 Å². The summed E-state index contributed by atoms with van der Waals surface area (Å²) in [5.41, 5.74) is 0. The minimum Gasteiger partial charge on any atom is -0.385 e. The van der Waals surface area contributed by atoms with Crippen LogP contribution in [0.25, 0.3) is 0 Å². The maximum atomic E-state index is 12.4. The van der Waals surface area contributed by atoms with Crippen molar-refractivity contribution in [1.29, 1.82) is 0 Å². The summed E-state index contributed by atoms with van der Waals surface area (Å²) in [5, 5.41) is 0. The minimum atomic E-state index is 0.366. The molecule has 2 aliphatic rings. The van der Waals surface area contributed by atoms with E-state index in [2.05, 4.69) is 23.6 Å². The number of amides is 1. The Morgan fingerprint density at radius 1 is 1.35 bits per heavy atom. The smallest absolute Gasteiger partial charge is 0.224 e. The zero-order valence-corrected chi connectivity index (χ0v) is 13.3. The van der Waals surface area contributed by atoms with Gasteiger partial charge in [0.25, 0.3) is 0 Å². The predicted molar refractivity (Wildman–Crippen MR) is 80.6 cm³/mol. The van der Waals surface area contributed by atoms with E-state index in [-0.39, 0.29) is 0 Å². The van der Waals surface area contributed by atoms with E-state index in [1.165, 1.54) is 12.8 Å². The van der Waals surface area contributed by atoms with Gasteiger partial charge in [0.2, 0.25) is 5.91 Å². The van der Waals surface area contributed by atoms with Crippen molar-refractivity contribution in [2.75, 3.05) is 39.9 Å². The SMILES string of the molecule is COCCCN1CCC(=O)N(CC2CC2)C(C(C)C)C1. The summed E-state index contributed by atoms with van der Waals surface area (Å²) in [6.45, 7) is 9.28. The molecule has 1 heterocycles. The number of ether oxygens (including phenoxy) is 1. The van der Waals surface area contributed by atoms with E-state index in [0.717, 1.165) is 45.1 Å². The van der Waals surface area contributed by atoms with Crippen LogP contribution in [0.3, 0.4) is 0 Å². The van der Waals surface area contributed by atoms with E-state index in [9.17, 15) is 4.79 Å². The zero-order chi connectivity index (χ0) is 14.5. The van der Waals surface area contributed by atoms with Crippen LogP contribution in [-0.4, -0.2) is 61.6 Å². The lowest BCUT2D eigenvalue weighted by Crippen LogP contribution is -2.47. The molecule has 0 spiro atoms. The number of carbonyl (C=O) groups excluding carboxylic acids is 1. The maximum Gasteiger partial charge on any atom is 0.224 e. The fourth-order valence-corrected chi connectivity index (χ4v) is 3.06. The summed E-state index contributed by atoms with van der Waals surface area (Å²) < 4.78 is 5.14. The van der Waals surface area contributed by atoms with Crippen molar-refractivity contribution in [2.45, 2.75) is 45.6 Å². The average molecular weight is 282 g/mol. The quantitative estimate of drug-likeness (QED) is 0.670. The highest BCUT2D eigenvalue weighted by atomic mass is 16.5. The number of nitrogens with zero attached hydrogens (tertiary/aromatic N) is 2. The lowest BCUT2D eigenvalue weighted by molar-refractivity contribution is -0.133. The molecule has 1 unspecified atom stereocenters. The van der Waals surface area contributed by atoms with Crippen molar-refractivity contribution >= 4 is 5.91 Å². The summed E-state index contributed by atoms with van der Waals surface area (Å²) in [4.78, 5) is 17.1. The average Bonchev–Trinajstić information content (AvgIpc) is 3.22. The Kier molecular flexibility index (Phi) is 5.85. The Morgan fingerprint density at radius 3 is 2.70 bits per heavy atom. The first-order valence-electron chi connectivity index (χ1n) is 8.12. The molecule has 1 aliphatic heterocycles. The van der Waals surface area contributed by atoms with Crippen LogP contribution in [0.5, 0.6) is 0 Å². The Bertz CT molecular complexity index is 316. The van der Waals surface area contributed by atoms with E-state index in [1.54, 1.807) is 7.11 Å². The molecule has 1 aliphatic carbocycles. The second-order valence-corrected chi connectivity index (χ2v) is 6.70. The number of methoxy groups -OCH3 is 1. The second-order valence-electron chi connectivity index (χ2n) is 6.70. The normalized spacial score (nSPS) is 25.3. The van der Waals surface area contributed by atoms with Gasteiger partial charge in [-0.05, 0) is 31.1 Å². The highest BCUT2D eigenvalue weighted by Gasteiger charge is 2.35. The van der Waals surface area contributed by atoms with E-state index < -0.39 is 0 Å². The van der Waals surface area contributed by atoms with Crippen molar-refractivity contribution < 1.29 is 9.53 Å². The molecule has 116 valence electrons. The van der Waals surface area contributed by atoms with Gasteiger partial charge in [0.05, 0.1) is 0 Å². The predicted octanol–water partition coefficient (Wildman–Crippen LogP) is 1.99. The van der Waals surface area contributed by atoms with E-state index in [4.69, 9.17) is 4.74 Å². The minimum absolute atomic E-state index is 0.366. The van der Waals surface area contributed by atoms with Crippen LogP contribution in [0, 0.1) is 11.8 Å². The molecule has 0 radical (unpaired) electrons. The van der Waals surface area contributed by atoms with Crippen LogP contribution in [0.2, 0.25) is 0 Å². The summed E-state index contributed by atoms with van der Waals surface area (Å²) >= 11 is 0. The van der Waals surface area contributed by atoms with Crippen molar-refractivity contribution in [3.63, 3.8) is 0 Å². The van der Waals surface area contributed by atoms with Crippen molar-refractivity contribution in [3.05, 3.63) is 0 Å². The van der Waals surface area contributed by atoms with Gasteiger partial charge in [0, 0.05) is 52.4 Å². The molecule has 0 bridgehead atoms. The molecule has 4 heteroatoms. The lowest BCUT2D eigenvalue weighted by Gasteiger charge is -2.35. The Morgan fingerprint density at radius 2 is 2.10 bits per heavy atom. The molecule has 0 aromatic heterocycles. The van der Waals surface area contributed by atoms with Crippen LogP contribution in [0.1, 0.15) is 39.5 Å². The standard InChI is InChI=1S/C16H30N2O2/c1-13(2)15-12-17(8-4-10-20-3)9-7-16(19)18(15)11-14-5-6-14/h13-15H,4-12H2,1-3H3. The van der Waals surface area contributed by atoms with Crippen LogP contribution < -0.4 is 0 Å². The first kappa shape index (κ1) is 15.8. The molecule has 0 N–H and O–H groups in total. The Labute approximate surface area is 123 Å². The Hall–Kier alpha value is -0.610. The lowest BCUT2D eigenvalue weighted by atomic mass is 10.0. The van der Waals surface area contributed by atoms with Crippen molar-refractivity contribution in [3.8, 4) is 0 Å². The summed E-state index contributed by atoms with van der Waals surface area (Å²) in [6.07, 6.45) is 4.36. The molecule has 4 nitrogen and oxygen atoms in total. The van der Waals surface area contributed by atoms with Crippen LogP contribution in [0.4, 0.5) is 0 Å². The van der Waals surface area contributed by atoms with Gasteiger partial charge in [0.1, 0.15) is 0 Å². The number of rotatable bonds is 7. The number of hydrogen-bond acceptors (Lipinski definition) is 3. The molecule has 0 aromatic carbocycles. The van der Waals surface area contributed by atoms with E-state index >= 15 is 0 Å². The fraction of sp³-hybridized carbons (Fsp3) is 0.938. The molecule has 1 amide bonds. The molecular formula is C16H30N2O2. The first-order chi connectivity index (χ1) is 9.61. The highest BCUT2D eigenvalue weighted by Crippen LogP contribution is 2.32.